The third-order valence-electron chi connectivity index (χ3n) is 4.45. The molecular formula is C19H35IN4OS. The highest BCUT2D eigenvalue weighted by molar-refractivity contribution is 14.0. The molecule has 1 fully saturated rings. The molecule has 1 aromatic heterocycles. The Balaban J connectivity index is 0.00000338. The summed E-state index contributed by atoms with van der Waals surface area (Å²) < 4.78 is 5.90. The number of morpholine rings is 1. The molecule has 0 aromatic carbocycles. The Morgan fingerprint density at radius 1 is 1.42 bits per heavy atom. The Kier molecular flexibility index (Phi) is 10.4. The molecule has 1 unspecified atom stereocenters. The predicted octanol–water partition coefficient (Wildman–Crippen LogP) is 3.17. The summed E-state index contributed by atoms with van der Waals surface area (Å²) in [5.41, 5.74) is 0.0845. The Hall–Kier alpha value is -0.380. The zero-order chi connectivity index (χ0) is 18.3. The zero-order valence-corrected chi connectivity index (χ0v) is 19.9. The van der Waals surface area contributed by atoms with E-state index in [0.29, 0.717) is 5.92 Å². The summed E-state index contributed by atoms with van der Waals surface area (Å²) in [6, 6.07) is 4.31. The van der Waals surface area contributed by atoms with E-state index in [2.05, 4.69) is 65.7 Å². The van der Waals surface area contributed by atoms with Crippen LogP contribution in [-0.4, -0.2) is 63.3 Å². The molecule has 2 heterocycles. The molecule has 0 radical (unpaired) electrons. The molecule has 0 bridgehead atoms. The first-order chi connectivity index (χ1) is 11.9. The van der Waals surface area contributed by atoms with Gasteiger partial charge < -0.3 is 15.4 Å². The SMILES string of the molecule is CN=C(NCC1CN(CC(C)C)CCO1)NCC(C)(C)c1cccs1.I. The van der Waals surface area contributed by atoms with Crippen molar-refractivity contribution in [2.24, 2.45) is 10.9 Å². The van der Waals surface area contributed by atoms with Gasteiger partial charge in [-0.15, -0.1) is 35.3 Å². The van der Waals surface area contributed by atoms with Gasteiger partial charge in [-0.3, -0.25) is 9.89 Å². The minimum absolute atomic E-state index is 0. The van der Waals surface area contributed by atoms with Crippen LogP contribution in [-0.2, 0) is 10.2 Å². The minimum Gasteiger partial charge on any atom is -0.374 e. The molecule has 0 saturated carbocycles. The lowest BCUT2D eigenvalue weighted by Gasteiger charge is -2.34. The molecule has 2 N–H and O–H groups in total. The van der Waals surface area contributed by atoms with Gasteiger partial charge in [-0.2, -0.15) is 0 Å². The second-order valence-electron chi connectivity index (χ2n) is 7.81. The number of ether oxygens (including phenoxy) is 1. The van der Waals surface area contributed by atoms with Crippen LogP contribution in [0.1, 0.15) is 32.6 Å². The van der Waals surface area contributed by atoms with Crippen LogP contribution in [0.15, 0.2) is 22.5 Å². The van der Waals surface area contributed by atoms with E-state index < -0.39 is 0 Å². The fraction of sp³-hybridized carbons (Fsp3) is 0.737. The van der Waals surface area contributed by atoms with E-state index in [4.69, 9.17) is 4.74 Å². The average molecular weight is 494 g/mol. The van der Waals surface area contributed by atoms with Crippen molar-refractivity contribution in [3.05, 3.63) is 22.4 Å². The Morgan fingerprint density at radius 3 is 2.81 bits per heavy atom. The molecule has 150 valence electrons. The second-order valence-corrected chi connectivity index (χ2v) is 8.76. The summed E-state index contributed by atoms with van der Waals surface area (Å²) in [5.74, 6) is 1.54. The van der Waals surface area contributed by atoms with Crippen LogP contribution in [0.2, 0.25) is 0 Å². The lowest BCUT2D eigenvalue weighted by Crippen LogP contribution is -2.51. The Morgan fingerprint density at radius 2 is 2.19 bits per heavy atom. The molecular weight excluding hydrogens is 459 g/mol. The Labute approximate surface area is 180 Å². The molecule has 0 amide bonds. The van der Waals surface area contributed by atoms with Crippen molar-refractivity contribution in [3.63, 3.8) is 0 Å². The first-order valence-electron chi connectivity index (χ1n) is 9.23. The van der Waals surface area contributed by atoms with Crippen LogP contribution >= 0.6 is 35.3 Å². The highest BCUT2D eigenvalue weighted by Gasteiger charge is 2.23. The standard InChI is InChI=1S/C19H34N4OS.HI/c1-15(2)12-23-8-9-24-16(13-23)11-21-18(20-5)22-14-19(3,4)17-7-6-10-25-17;/h6-7,10,15-16H,8-9,11-14H2,1-5H3,(H2,20,21,22);1H. The molecule has 1 saturated heterocycles. The minimum atomic E-state index is 0. The molecule has 2 rings (SSSR count). The molecule has 1 aromatic rings. The van der Waals surface area contributed by atoms with Gasteiger partial charge in [-0.25, -0.2) is 0 Å². The summed E-state index contributed by atoms with van der Waals surface area (Å²) in [6.07, 6.45) is 0.219. The van der Waals surface area contributed by atoms with Crippen molar-refractivity contribution in [2.75, 3.05) is 46.4 Å². The molecule has 0 spiro atoms. The van der Waals surface area contributed by atoms with Gasteiger partial charge in [-0.1, -0.05) is 33.8 Å². The van der Waals surface area contributed by atoms with Crippen LogP contribution in [0.3, 0.4) is 0 Å². The predicted molar refractivity (Wildman–Crippen MR) is 123 cm³/mol. The number of rotatable bonds is 7. The first kappa shape index (κ1) is 23.7. The van der Waals surface area contributed by atoms with Gasteiger partial charge in [0.1, 0.15) is 0 Å². The van der Waals surface area contributed by atoms with Crippen LogP contribution in [0.4, 0.5) is 0 Å². The van der Waals surface area contributed by atoms with Gasteiger partial charge in [0.25, 0.3) is 0 Å². The van der Waals surface area contributed by atoms with Crippen molar-refractivity contribution in [2.45, 2.75) is 39.2 Å². The van der Waals surface area contributed by atoms with Gasteiger partial charge in [0.05, 0.1) is 12.7 Å². The number of nitrogens with zero attached hydrogens (tertiary/aromatic N) is 2. The highest BCUT2D eigenvalue weighted by Crippen LogP contribution is 2.26. The van der Waals surface area contributed by atoms with E-state index in [1.165, 1.54) is 4.88 Å². The third kappa shape index (κ3) is 7.70. The van der Waals surface area contributed by atoms with Gasteiger partial charge >= 0.3 is 0 Å². The maximum absolute atomic E-state index is 5.90. The van der Waals surface area contributed by atoms with Crippen molar-refractivity contribution >= 4 is 41.3 Å². The molecule has 0 aliphatic carbocycles. The van der Waals surface area contributed by atoms with E-state index in [1.54, 1.807) is 11.3 Å². The van der Waals surface area contributed by atoms with Crippen molar-refractivity contribution in [1.29, 1.82) is 0 Å². The number of halogens is 1. The summed E-state index contributed by atoms with van der Waals surface area (Å²) in [5, 5.41) is 9.01. The average Bonchev–Trinajstić information content (AvgIpc) is 3.10. The molecule has 26 heavy (non-hydrogen) atoms. The number of aliphatic imine (C=N–C) groups is 1. The second kappa shape index (κ2) is 11.5. The number of hydrogen-bond donors (Lipinski definition) is 2. The van der Waals surface area contributed by atoms with Gasteiger partial charge in [0.2, 0.25) is 0 Å². The van der Waals surface area contributed by atoms with E-state index in [-0.39, 0.29) is 35.5 Å². The first-order valence-corrected chi connectivity index (χ1v) is 10.1. The molecule has 5 nitrogen and oxygen atoms in total. The van der Waals surface area contributed by atoms with Crippen molar-refractivity contribution in [3.8, 4) is 0 Å². The summed E-state index contributed by atoms with van der Waals surface area (Å²) in [7, 11) is 1.82. The fourth-order valence-corrected chi connectivity index (χ4v) is 3.92. The van der Waals surface area contributed by atoms with Crippen molar-refractivity contribution in [1.82, 2.24) is 15.5 Å². The van der Waals surface area contributed by atoms with Crippen LogP contribution < -0.4 is 10.6 Å². The Bertz CT molecular complexity index is 534. The number of nitrogens with one attached hydrogen (secondary N) is 2. The zero-order valence-electron chi connectivity index (χ0n) is 16.7. The van der Waals surface area contributed by atoms with Crippen LogP contribution in [0.5, 0.6) is 0 Å². The monoisotopic (exact) mass is 494 g/mol. The van der Waals surface area contributed by atoms with Crippen LogP contribution in [0, 0.1) is 5.92 Å². The summed E-state index contributed by atoms with van der Waals surface area (Å²) >= 11 is 1.80. The molecule has 1 atom stereocenters. The fourth-order valence-electron chi connectivity index (χ4n) is 3.07. The number of thiophene rings is 1. The van der Waals surface area contributed by atoms with Crippen LogP contribution in [0.25, 0.3) is 0 Å². The lowest BCUT2D eigenvalue weighted by atomic mass is 9.91. The number of guanidine groups is 1. The molecule has 7 heteroatoms. The highest BCUT2D eigenvalue weighted by atomic mass is 127. The molecule has 1 aliphatic heterocycles. The van der Waals surface area contributed by atoms with Crippen molar-refractivity contribution < 1.29 is 4.74 Å². The van der Waals surface area contributed by atoms with E-state index in [9.17, 15) is 0 Å². The van der Waals surface area contributed by atoms with Gasteiger partial charge in [0.15, 0.2) is 5.96 Å². The largest absolute Gasteiger partial charge is 0.374 e. The topological polar surface area (TPSA) is 48.9 Å². The molecule has 1 aliphatic rings. The lowest BCUT2D eigenvalue weighted by molar-refractivity contribution is -0.0284. The summed E-state index contributed by atoms with van der Waals surface area (Å²) in [4.78, 5) is 8.23. The van der Waals surface area contributed by atoms with E-state index in [0.717, 1.165) is 45.3 Å². The third-order valence-corrected chi connectivity index (χ3v) is 5.69. The van der Waals surface area contributed by atoms with Gasteiger partial charge in [-0.05, 0) is 17.4 Å². The van der Waals surface area contributed by atoms with Gasteiger partial charge in [0, 0.05) is 50.1 Å². The van der Waals surface area contributed by atoms with E-state index >= 15 is 0 Å². The van der Waals surface area contributed by atoms with E-state index in [1.807, 2.05) is 7.05 Å². The maximum atomic E-state index is 5.90. The smallest absolute Gasteiger partial charge is 0.191 e. The quantitative estimate of drug-likeness (QED) is 0.348. The summed E-state index contributed by atoms with van der Waals surface area (Å²) in [6.45, 7) is 14.7. The normalized spacial score (nSPS) is 19.3. The maximum Gasteiger partial charge on any atom is 0.191 e. The number of hydrogen-bond acceptors (Lipinski definition) is 4.